The van der Waals surface area contributed by atoms with Crippen LogP contribution >= 0.6 is 11.8 Å². The van der Waals surface area contributed by atoms with E-state index in [1.54, 1.807) is 12.1 Å². The van der Waals surface area contributed by atoms with Crippen LogP contribution in [0, 0.1) is 0 Å². The van der Waals surface area contributed by atoms with Gasteiger partial charge in [-0.1, -0.05) is 6.42 Å². The van der Waals surface area contributed by atoms with Crippen molar-refractivity contribution in [3.63, 3.8) is 0 Å². The molecule has 20 nitrogen and oxygen atoms in total. The highest BCUT2D eigenvalue weighted by molar-refractivity contribution is 8.00. The zero-order chi connectivity index (χ0) is 39.9. The normalized spacial score (nSPS) is 17.7. The lowest BCUT2D eigenvalue weighted by molar-refractivity contribution is -0.139. The molecule has 2 aliphatic heterocycles. The molecule has 0 unspecified atom stereocenters. The molecule has 5 rings (SSSR count). The molecule has 0 spiro atoms. The molecule has 2 aromatic heterocycles. The Balaban J connectivity index is 0.862. The average molecular weight is 798 g/mol. The molecule has 10 N–H and O–H groups in total. The summed E-state index contributed by atoms with van der Waals surface area (Å²) in [6.07, 6.45) is 4.33. The first-order valence-electron chi connectivity index (χ1n) is 18.3. The molecule has 5 amide bonds. The van der Waals surface area contributed by atoms with E-state index >= 15 is 0 Å². The van der Waals surface area contributed by atoms with E-state index in [0.29, 0.717) is 49.4 Å². The van der Waals surface area contributed by atoms with Crippen molar-refractivity contribution >= 4 is 64.3 Å². The number of amides is 5. The van der Waals surface area contributed by atoms with Crippen LogP contribution in [-0.2, 0) is 30.4 Å². The fraction of sp³-hybridized carbons (Fsp3) is 0.514. The highest BCUT2D eigenvalue weighted by atomic mass is 32.2. The zero-order valence-electron chi connectivity index (χ0n) is 30.6. The molecule has 4 heterocycles. The van der Waals surface area contributed by atoms with Crippen molar-refractivity contribution < 1.29 is 38.6 Å². The summed E-state index contributed by atoms with van der Waals surface area (Å²) in [5.41, 5.74) is 6.52. The Hall–Kier alpha value is -5.54. The van der Waals surface area contributed by atoms with Crippen molar-refractivity contribution in [1.82, 2.24) is 46.5 Å². The number of nitrogen functional groups attached to an aromatic ring is 1. The van der Waals surface area contributed by atoms with Crippen LogP contribution < -0.4 is 43.2 Å². The second-order valence-corrected chi connectivity index (χ2v) is 14.4. The lowest BCUT2D eigenvalue weighted by Gasteiger charge is -2.16. The largest absolute Gasteiger partial charge is 0.480 e. The van der Waals surface area contributed by atoms with Crippen LogP contribution in [0.2, 0.25) is 0 Å². The minimum absolute atomic E-state index is 0.0252. The molecule has 3 aromatic rings. The van der Waals surface area contributed by atoms with E-state index in [1.807, 2.05) is 11.8 Å². The smallest absolute Gasteiger partial charge is 0.326 e. The van der Waals surface area contributed by atoms with Crippen molar-refractivity contribution in [3.05, 3.63) is 52.1 Å². The van der Waals surface area contributed by atoms with E-state index in [4.69, 9.17) is 15.2 Å². The molecule has 302 valence electrons. The van der Waals surface area contributed by atoms with Crippen LogP contribution in [0.4, 0.5) is 16.4 Å². The predicted molar refractivity (Wildman–Crippen MR) is 206 cm³/mol. The standard InChI is InChI=1S/C35H47N11O9S/c36-34-45-30-29(32(50)46-34)41-22(18-40-30)17-39-21-7-5-20(6-8-21)31(49)42-23(33(51)52)9-10-27(48)38-12-14-55-16-15-54-13-11-37-26(47)4-2-1-3-25-28-24(19-56-25)43-35(53)44-28/h5-8,18,23-25,28,39H,1-4,9-17,19H2,(H,37,47)(H,38,48)(H,42,49)(H,51,52)(H2,43,44,53)(H3,36,40,45,46,50)/t23-,24-,25-,28-/m0/s1. The number of H-pyrrole nitrogens is 1. The Morgan fingerprint density at radius 1 is 0.946 bits per heavy atom. The number of hydrogen-bond acceptors (Lipinski definition) is 14. The van der Waals surface area contributed by atoms with E-state index in [2.05, 4.69) is 51.8 Å². The maximum absolute atomic E-state index is 12.8. The fourth-order valence-electron chi connectivity index (χ4n) is 6.06. The molecule has 0 bridgehead atoms. The van der Waals surface area contributed by atoms with Crippen LogP contribution in [0.1, 0.15) is 54.6 Å². The SMILES string of the molecule is Nc1nc2ncc(CNc3ccc(C(=O)N[C@@H](CCC(=O)NCCOCCOCCNC(=O)CCCC[C@@H]4SC[C@@H]5NC(=O)N[C@@H]54)C(=O)O)cc3)nc2c(=O)[nH]1. The first-order chi connectivity index (χ1) is 27.0. The van der Waals surface area contributed by atoms with E-state index in [-0.39, 0.29) is 85.1 Å². The number of unbranched alkanes of at least 4 members (excludes halogenated alkanes) is 1. The van der Waals surface area contributed by atoms with E-state index in [0.717, 1.165) is 25.0 Å². The predicted octanol–water partition coefficient (Wildman–Crippen LogP) is -0.138. The van der Waals surface area contributed by atoms with Gasteiger partial charge in [0.1, 0.15) is 6.04 Å². The van der Waals surface area contributed by atoms with Crippen LogP contribution in [0.3, 0.4) is 0 Å². The van der Waals surface area contributed by atoms with Gasteiger partial charge in [-0.15, -0.1) is 0 Å². The minimum atomic E-state index is -1.28. The number of nitrogens with one attached hydrogen (secondary N) is 7. The van der Waals surface area contributed by atoms with Gasteiger partial charge in [0.2, 0.25) is 17.8 Å². The number of aromatic nitrogens is 4. The average Bonchev–Trinajstić information content (AvgIpc) is 3.73. The third-order valence-corrected chi connectivity index (χ3v) is 10.5. The van der Waals surface area contributed by atoms with Gasteiger partial charge in [0.05, 0.1) is 56.9 Å². The number of ether oxygens (including phenoxy) is 2. The van der Waals surface area contributed by atoms with Gasteiger partial charge in [-0.05, 0) is 43.5 Å². The number of nitrogens with two attached hydrogens (primary N) is 1. The number of thioether (sulfide) groups is 1. The number of hydrogen-bond donors (Lipinski definition) is 9. The molecule has 21 heteroatoms. The maximum Gasteiger partial charge on any atom is 0.326 e. The fourth-order valence-corrected chi connectivity index (χ4v) is 7.60. The summed E-state index contributed by atoms with van der Waals surface area (Å²) >= 11 is 1.87. The molecular weight excluding hydrogens is 751 g/mol. The van der Waals surface area contributed by atoms with Crippen LogP contribution in [0.25, 0.3) is 11.2 Å². The number of carbonyl (C=O) groups excluding carboxylic acids is 4. The third kappa shape index (κ3) is 12.8. The molecule has 4 atom stereocenters. The van der Waals surface area contributed by atoms with Crippen molar-refractivity contribution in [2.45, 2.75) is 68.4 Å². The summed E-state index contributed by atoms with van der Waals surface area (Å²) in [4.78, 5) is 87.2. The van der Waals surface area contributed by atoms with Crippen LogP contribution in [0.15, 0.2) is 35.3 Å². The Morgan fingerprint density at radius 3 is 2.38 bits per heavy atom. The summed E-state index contributed by atoms with van der Waals surface area (Å²) in [7, 11) is 0. The summed E-state index contributed by atoms with van der Waals surface area (Å²) < 4.78 is 10.9. The number of aliphatic carboxylic acids is 1. The van der Waals surface area contributed by atoms with Crippen molar-refractivity contribution in [2.24, 2.45) is 0 Å². The third-order valence-electron chi connectivity index (χ3n) is 8.96. The lowest BCUT2D eigenvalue weighted by atomic mass is 10.0. The van der Waals surface area contributed by atoms with Crippen LogP contribution in [-0.4, -0.2) is 123 Å². The number of urea groups is 1. The summed E-state index contributed by atoms with van der Waals surface area (Å²) in [6.45, 7) is 1.99. The first kappa shape index (κ1) is 41.6. The molecule has 0 aliphatic carbocycles. The number of carboxylic acids is 1. The van der Waals surface area contributed by atoms with Gasteiger partial charge < -0.3 is 52.2 Å². The number of fused-ring (bicyclic) bond motifs is 2. The summed E-state index contributed by atoms with van der Waals surface area (Å²) in [5, 5.41) is 27.0. The van der Waals surface area contributed by atoms with Crippen molar-refractivity contribution in [1.29, 1.82) is 0 Å². The minimum Gasteiger partial charge on any atom is -0.480 e. The van der Waals surface area contributed by atoms with Gasteiger partial charge in [0.15, 0.2) is 11.2 Å². The molecule has 1 aromatic carbocycles. The lowest BCUT2D eigenvalue weighted by Crippen LogP contribution is -2.41. The van der Waals surface area contributed by atoms with Gasteiger partial charge in [0, 0.05) is 48.2 Å². The molecule has 0 radical (unpaired) electrons. The Bertz CT molecular complexity index is 1900. The topological polar surface area (TPSA) is 294 Å². The molecule has 0 saturated carbocycles. The molecule has 56 heavy (non-hydrogen) atoms. The number of aromatic amines is 1. The molecule has 2 saturated heterocycles. The second kappa shape index (κ2) is 20.9. The monoisotopic (exact) mass is 797 g/mol. The van der Waals surface area contributed by atoms with Gasteiger partial charge in [-0.2, -0.15) is 16.7 Å². The highest BCUT2D eigenvalue weighted by Gasteiger charge is 2.42. The maximum atomic E-state index is 12.8. The zero-order valence-corrected chi connectivity index (χ0v) is 31.5. The van der Waals surface area contributed by atoms with E-state index < -0.39 is 23.5 Å². The van der Waals surface area contributed by atoms with E-state index in [1.165, 1.54) is 18.3 Å². The Morgan fingerprint density at radius 2 is 1.66 bits per heavy atom. The number of benzene rings is 1. The molecule has 2 fully saturated rings. The van der Waals surface area contributed by atoms with Gasteiger partial charge in [-0.25, -0.2) is 19.6 Å². The van der Waals surface area contributed by atoms with Gasteiger partial charge in [-0.3, -0.25) is 24.2 Å². The summed E-state index contributed by atoms with van der Waals surface area (Å²) in [5.74, 6) is -1.43. The quantitative estimate of drug-likeness (QED) is 0.0446. The molecular formula is C35H47N11O9S. The van der Waals surface area contributed by atoms with Gasteiger partial charge >= 0.3 is 12.0 Å². The second-order valence-electron chi connectivity index (χ2n) is 13.1. The molecule has 2 aliphatic rings. The van der Waals surface area contributed by atoms with E-state index in [9.17, 15) is 33.9 Å². The Labute approximate surface area is 325 Å². The number of carbonyl (C=O) groups is 5. The van der Waals surface area contributed by atoms with Crippen LogP contribution in [0.5, 0.6) is 0 Å². The van der Waals surface area contributed by atoms with Crippen molar-refractivity contribution in [2.75, 3.05) is 56.3 Å². The first-order valence-corrected chi connectivity index (χ1v) is 19.4. The van der Waals surface area contributed by atoms with Crippen molar-refractivity contribution in [3.8, 4) is 0 Å². The highest BCUT2D eigenvalue weighted by Crippen LogP contribution is 2.33. The Kier molecular flexibility index (Phi) is 15.6. The number of carboxylic acid groups (broad SMARTS) is 1. The number of anilines is 2. The summed E-state index contributed by atoms with van der Waals surface area (Å²) in [6, 6.07) is 5.30. The number of nitrogens with zero attached hydrogens (tertiary/aromatic N) is 3. The number of rotatable bonds is 23. The van der Waals surface area contributed by atoms with Gasteiger partial charge in [0.25, 0.3) is 11.5 Å².